The van der Waals surface area contributed by atoms with Crippen molar-refractivity contribution in [3.8, 4) is 0 Å². The maximum absolute atomic E-state index is 9.75. The maximum atomic E-state index is 9.75. The number of nitrogens with zero attached hydrogens (tertiary/aromatic N) is 1. The molecule has 1 heterocycles. The quantitative estimate of drug-likeness (QED) is 0.448. The first-order valence-electron chi connectivity index (χ1n) is 6.21. The third-order valence-corrected chi connectivity index (χ3v) is 2.55. The fraction of sp³-hybridized carbons (Fsp3) is 0.727. The molecule has 0 aliphatic carbocycles. The van der Waals surface area contributed by atoms with Crippen LogP contribution in [0.5, 0.6) is 0 Å². The molecule has 18 heavy (non-hydrogen) atoms. The van der Waals surface area contributed by atoms with Gasteiger partial charge < -0.3 is 17.3 Å². The second-order valence-corrected chi connectivity index (χ2v) is 4.32. The van der Waals surface area contributed by atoms with Crippen molar-refractivity contribution in [2.75, 3.05) is 7.05 Å². The van der Waals surface area contributed by atoms with E-state index in [1.54, 1.807) is 0 Å². The average molecular weight is 268 g/mol. The third kappa shape index (κ3) is 10.3. The minimum absolute atomic E-state index is 1.16. The molecule has 0 spiro atoms. The van der Waals surface area contributed by atoms with E-state index in [-0.39, 0.29) is 0 Å². The average Bonchev–Trinajstić information content (AvgIpc) is 2.51. The number of hydrogen-bond donors (Lipinski definition) is 1. The van der Waals surface area contributed by atoms with Crippen LogP contribution in [0.3, 0.4) is 0 Å². The van der Waals surface area contributed by atoms with Gasteiger partial charge in [-0.3, -0.25) is 4.90 Å². The predicted molar refractivity (Wildman–Crippen MR) is 67.0 cm³/mol. The first-order valence-corrected chi connectivity index (χ1v) is 6.21. The van der Waals surface area contributed by atoms with Gasteiger partial charge in [0.25, 0.3) is 0 Å². The molecule has 0 aromatic carbocycles. The Balaban J connectivity index is 0.000000494. The van der Waals surface area contributed by atoms with Crippen LogP contribution in [0.15, 0.2) is 16.9 Å². The Kier molecular flexibility index (Phi) is 7.90. The number of rotatable bonds is 5. The molecule has 0 fully saturated rings. The van der Waals surface area contributed by atoms with E-state index < -0.39 is 7.25 Å². The zero-order valence-electron chi connectivity index (χ0n) is 11.1. The largest absolute Gasteiger partial charge is 0.673 e. The summed E-state index contributed by atoms with van der Waals surface area (Å²) in [6.07, 6.45) is 8.70. The number of aliphatic imine (C=N–C) groups is 1. The van der Waals surface area contributed by atoms with E-state index in [1.807, 2.05) is 0 Å². The summed E-state index contributed by atoms with van der Waals surface area (Å²) in [6.45, 7) is 4.33. The number of unbranched alkanes of at least 4 members (excludes halogenated alkanes) is 3. The summed E-state index contributed by atoms with van der Waals surface area (Å²) in [5.41, 5.74) is 1.28. The van der Waals surface area contributed by atoms with E-state index in [1.165, 1.54) is 42.1 Å². The number of amidine groups is 1. The highest BCUT2D eigenvalue weighted by Crippen LogP contribution is 2.11. The molecular weight excluding hydrogens is 247 g/mol. The van der Waals surface area contributed by atoms with Crippen LogP contribution in [0.2, 0.25) is 0 Å². The Morgan fingerprint density at radius 2 is 1.72 bits per heavy atom. The molecule has 1 unspecified atom stereocenters. The zero-order valence-corrected chi connectivity index (χ0v) is 11.1. The third-order valence-electron chi connectivity index (χ3n) is 2.55. The number of quaternary nitrogens is 1. The lowest BCUT2D eigenvalue weighted by atomic mass is 10.1. The fourth-order valence-electron chi connectivity index (χ4n) is 1.55. The highest BCUT2D eigenvalue weighted by molar-refractivity contribution is 6.50. The second kappa shape index (κ2) is 8.29. The van der Waals surface area contributed by atoms with Crippen LogP contribution in [0.1, 0.15) is 46.0 Å². The Labute approximate surface area is 106 Å². The summed E-state index contributed by atoms with van der Waals surface area (Å²) >= 11 is 0. The first kappa shape index (κ1) is 17.2. The van der Waals surface area contributed by atoms with E-state index >= 15 is 0 Å². The summed E-state index contributed by atoms with van der Waals surface area (Å²) in [5.74, 6) is 1.20. The Bertz CT molecular complexity index is 294. The molecule has 106 valence electrons. The van der Waals surface area contributed by atoms with Crippen LogP contribution in [-0.4, -0.2) is 20.1 Å². The van der Waals surface area contributed by atoms with Gasteiger partial charge in [0.2, 0.25) is 5.84 Å². The zero-order chi connectivity index (χ0) is 14.2. The molecule has 2 nitrogen and oxygen atoms in total. The molecule has 0 aromatic rings. The second-order valence-electron chi connectivity index (χ2n) is 4.32. The van der Waals surface area contributed by atoms with Crippen LogP contribution < -0.4 is 4.90 Å². The van der Waals surface area contributed by atoms with E-state index in [0.717, 1.165) is 6.42 Å². The van der Waals surface area contributed by atoms with Crippen molar-refractivity contribution in [2.45, 2.75) is 46.0 Å². The minimum atomic E-state index is -6.00. The molecule has 0 radical (unpaired) electrons. The molecule has 1 atom stereocenters. The SMILES string of the molecule is CCCCCCC1=C[NH+](C)C(C)=N1.F[B-](F)(F)F. The number of hydrogen-bond acceptors (Lipinski definition) is 1. The Hall–Kier alpha value is -0.845. The summed E-state index contributed by atoms with van der Waals surface area (Å²) in [7, 11) is -3.86. The standard InChI is InChI=1S/C11H20N2.BF4/c1-4-5-6-7-8-11-9-13(3)10(2)12-11;2-1(3,4)5/h9H,4-8H2,1-3H3;/q;-1/p+1. The summed E-state index contributed by atoms with van der Waals surface area (Å²) < 4.78 is 39.0. The van der Waals surface area contributed by atoms with Gasteiger partial charge in [-0.2, -0.15) is 4.99 Å². The normalized spacial score (nSPS) is 18.9. The van der Waals surface area contributed by atoms with Crippen LogP contribution in [0.4, 0.5) is 17.3 Å². The van der Waals surface area contributed by atoms with Crippen molar-refractivity contribution in [3.05, 3.63) is 11.9 Å². The van der Waals surface area contributed by atoms with Gasteiger partial charge in [0.05, 0.1) is 12.7 Å². The Morgan fingerprint density at radius 1 is 1.17 bits per heavy atom. The van der Waals surface area contributed by atoms with Gasteiger partial charge >= 0.3 is 7.25 Å². The lowest BCUT2D eigenvalue weighted by Crippen LogP contribution is -3.05. The highest BCUT2D eigenvalue weighted by atomic mass is 19.5. The van der Waals surface area contributed by atoms with E-state index in [2.05, 4.69) is 32.1 Å². The van der Waals surface area contributed by atoms with Crippen molar-refractivity contribution in [1.29, 1.82) is 0 Å². The molecule has 0 bridgehead atoms. The first-order chi connectivity index (χ1) is 8.24. The van der Waals surface area contributed by atoms with Crippen molar-refractivity contribution in [2.24, 2.45) is 4.99 Å². The molecule has 1 rings (SSSR count). The van der Waals surface area contributed by atoms with Gasteiger partial charge in [0.15, 0.2) is 0 Å². The molecule has 0 aromatic heterocycles. The van der Waals surface area contributed by atoms with Gasteiger partial charge in [0.1, 0.15) is 6.20 Å². The predicted octanol–water partition coefficient (Wildman–Crippen LogP) is 3.04. The van der Waals surface area contributed by atoms with Crippen LogP contribution in [-0.2, 0) is 0 Å². The molecular formula is C11H21BF4N2. The number of halogens is 4. The molecule has 0 saturated heterocycles. The molecule has 0 amide bonds. The van der Waals surface area contributed by atoms with Gasteiger partial charge in [-0.15, -0.1) is 0 Å². The van der Waals surface area contributed by atoms with Crippen molar-refractivity contribution in [1.82, 2.24) is 0 Å². The van der Waals surface area contributed by atoms with E-state index in [4.69, 9.17) is 0 Å². The van der Waals surface area contributed by atoms with Gasteiger partial charge in [0, 0.05) is 6.92 Å². The minimum Gasteiger partial charge on any atom is -0.418 e. The molecule has 7 heteroatoms. The van der Waals surface area contributed by atoms with Gasteiger partial charge in [-0.05, 0) is 12.8 Å². The summed E-state index contributed by atoms with van der Waals surface area (Å²) in [4.78, 5) is 5.85. The lowest BCUT2D eigenvalue weighted by Gasteiger charge is -1.97. The Morgan fingerprint density at radius 3 is 2.11 bits per heavy atom. The number of nitrogens with one attached hydrogen (secondary N) is 1. The van der Waals surface area contributed by atoms with Crippen LogP contribution >= 0.6 is 0 Å². The lowest BCUT2D eigenvalue weighted by molar-refractivity contribution is -0.719. The molecule has 1 N–H and O–H groups in total. The fourth-order valence-corrected chi connectivity index (χ4v) is 1.55. The van der Waals surface area contributed by atoms with Crippen molar-refractivity contribution < 1.29 is 22.2 Å². The topological polar surface area (TPSA) is 16.8 Å². The summed E-state index contributed by atoms with van der Waals surface area (Å²) in [6, 6.07) is 0. The van der Waals surface area contributed by atoms with Crippen LogP contribution in [0, 0.1) is 0 Å². The van der Waals surface area contributed by atoms with E-state index in [0.29, 0.717) is 0 Å². The molecule has 1 aliphatic rings. The maximum Gasteiger partial charge on any atom is 0.673 e. The molecule has 0 saturated carbocycles. The summed E-state index contributed by atoms with van der Waals surface area (Å²) in [5, 5.41) is 0. The highest BCUT2D eigenvalue weighted by Gasteiger charge is 2.20. The van der Waals surface area contributed by atoms with Crippen LogP contribution in [0.25, 0.3) is 0 Å². The smallest absolute Gasteiger partial charge is 0.418 e. The number of allylic oxidation sites excluding steroid dienone is 1. The van der Waals surface area contributed by atoms with E-state index in [9.17, 15) is 17.3 Å². The molecule has 1 aliphatic heterocycles. The monoisotopic (exact) mass is 268 g/mol. The van der Waals surface area contributed by atoms with Gasteiger partial charge in [-0.1, -0.05) is 26.2 Å². The van der Waals surface area contributed by atoms with Crippen molar-refractivity contribution >= 4 is 13.1 Å². The van der Waals surface area contributed by atoms with Crippen molar-refractivity contribution in [3.63, 3.8) is 0 Å². The van der Waals surface area contributed by atoms with Gasteiger partial charge in [-0.25, -0.2) is 0 Å².